The summed E-state index contributed by atoms with van der Waals surface area (Å²) < 4.78 is 0. The van der Waals surface area contributed by atoms with E-state index in [2.05, 4.69) is 22.2 Å². The summed E-state index contributed by atoms with van der Waals surface area (Å²) in [4.78, 5) is 12.5. The molecule has 0 aliphatic carbocycles. The summed E-state index contributed by atoms with van der Waals surface area (Å²) in [6.45, 7) is 3.15. The third kappa shape index (κ3) is 2.16. The summed E-state index contributed by atoms with van der Waals surface area (Å²) in [7, 11) is 0. The molecule has 0 aromatic carbocycles. The van der Waals surface area contributed by atoms with Crippen molar-refractivity contribution in [2.45, 2.75) is 32.2 Å². The fourth-order valence-electron chi connectivity index (χ4n) is 2.49. The van der Waals surface area contributed by atoms with Crippen LogP contribution < -0.4 is 5.32 Å². The molecule has 3 rings (SSSR count). The Morgan fingerprint density at radius 1 is 1.28 bits per heavy atom. The van der Waals surface area contributed by atoms with Gasteiger partial charge in [0.05, 0.1) is 11.7 Å². The summed E-state index contributed by atoms with van der Waals surface area (Å²) in [5.74, 6) is 1.05. The molecule has 94 valence electrons. The van der Waals surface area contributed by atoms with Crippen LogP contribution in [0.5, 0.6) is 0 Å². The fourth-order valence-corrected chi connectivity index (χ4v) is 2.49. The number of pyridine rings is 1. The molecule has 18 heavy (non-hydrogen) atoms. The minimum Gasteiger partial charge on any atom is -0.344 e. The van der Waals surface area contributed by atoms with Gasteiger partial charge in [-0.05, 0) is 38.4 Å². The van der Waals surface area contributed by atoms with Crippen LogP contribution in [0.15, 0.2) is 24.4 Å². The van der Waals surface area contributed by atoms with E-state index in [0.29, 0.717) is 6.04 Å². The third-order valence-electron chi connectivity index (χ3n) is 3.45. The second-order valence-corrected chi connectivity index (χ2v) is 4.81. The van der Waals surface area contributed by atoms with Crippen molar-refractivity contribution in [2.75, 3.05) is 6.54 Å². The normalized spacial score (nSPS) is 19.9. The first-order chi connectivity index (χ1) is 8.84. The lowest BCUT2D eigenvalue weighted by Crippen LogP contribution is -2.27. The predicted molar refractivity (Wildman–Crippen MR) is 71.2 cm³/mol. The summed E-state index contributed by atoms with van der Waals surface area (Å²) in [5.41, 5.74) is 3.00. The van der Waals surface area contributed by atoms with E-state index in [-0.39, 0.29) is 0 Å². The second kappa shape index (κ2) is 4.90. The monoisotopic (exact) mass is 242 g/mol. The van der Waals surface area contributed by atoms with Crippen molar-refractivity contribution >= 4 is 0 Å². The molecule has 2 N–H and O–H groups in total. The van der Waals surface area contributed by atoms with E-state index in [0.717, 1.165) is 35.9 Å². The van der Waals surface area contributed by atoms with Gasteiger partial charge in [-0.15, -0.1) is 0 Å². The van der Waals surface area contributed by atoms with E-state index in [9.17, 15) is 0 Å². The Morgan fingerprint density at radius 3 is 2.94 bits per heavy atom. The van der Waals surface area contributed by atoms with E-state index < -0.39 is 0 Å². The molecule has 0 bridgehead atoms. The Bertz CT molecular complexity index is 512. The molecule has 0 amide bonds. The molecule has 1 aliphatic heterocycles. The number of aromatic amines is 1. The van der Waals surface area contributed by atoms with Crippen LogP contribution in [0.2, 0.25) is 0 Å². The van der Waals surface area contributed by atoms with Gasteiger partial charge in [-0.25, -0.2) is 4.98 Å². The Kier molecular flexibility index (Phi) is 3.11. The van der Waals surface area contributed by atoms with Crippen LogP contribution in [0.25, 0.3) is 11.4 Å². The largest absolute Gasteiger partial charge is 0.344 e. The molecular weight excluding hydrogens is 224 g/mol. The number of piperidine rings is 1. The van der Waals surface area contributed by atoms with E-state index in [4.69, 9.17) is 4.98 Å². The predicted octanol–water partition coefficient (Wildman–Crippen LogP) is 2.59. The molecule has 3 heterocycles. The topological polar surface area (TPSA) is 53.6 Å². The maximum atomic E-state index is 4.72. The zero-order valence-electron chi connectivity index (χ0n) is 10.6. The Hall–Kier alpha value is -1.68. The number of imidazole rings is 1. The van der Waals surface area contributed by atoms with Gasteiger partial charge in [-0.1, -0.05) is 12.5 Å². The van der Waals surface area contributed by atoms with Gasteiger partial charge in [-0.3, -0.25) is 4.98 Å². The summed E-state index contributed by atoms with van der Waals surface area (Å²) >= 11 is 0. The molecule has 0 spiro atoms. The fraction of sp³-hybridized carbons (Fsp3) is 0.429. The average Bonchev–Trinajstić information content (AvgIpc) is 2.83. The summed E-state index contributed by atoms with van der Waals surface area (Å²) in [5, 5.41) is 3.51. The number of rotatable bonds is 2. The lowest BCUT2D eigenvalue weighted by Gasteiger charge is -2.21. The molecule has 0 radical (unpaired) electrons. The number of nitrogens with zero attached hydrogens (tertiary/aromatic N) is 2. The second-order valence-electron chi connectivity index (χ2n) is 4.81. The van der Waals surface area contributed by atoms with Crippen LogP contribution in [0.3, 0.4) is 0 Å². The number of aryl methyl sites for hydroxylation is 1. The minimum atomic E-state index is 0.370. The van der Waals surface area contributed by atoms with Crippen LogP contribution in [-0.2, 0) is 0 Å². The maximum Gasteiger partial charge on any atom is 0.124 e. The maximum absolute atomic E-state index is 4.72. The lowest BCUT2D eigenvalue weighted by molar-refractivity contribution is 0.399. The van der Waals surface area contributed by atoms with Crippen molar-refractivity contribution in [3.8, 4) is 11.4 Å². The van der Waals surface area contributed by atoms with E-state index >= 15 is 0 Å². The Morgan fingerprint density at radius 2 is 2.22 bits per heavy atom. The first kappa shape index (κ1) is 11.4. The van der Waals surface area contributed by atoms with Gasteiger partial charge >= 0.3 is 0 Å². The number of aromatic nitrogens is 3. The smallest absolute Gasteiger partial charge is 0.124 e. The minimum absolute atomic E-state index is 0.370. The van der Waals surface area contributed by atoms with Gasteiger partial charge in [-0.2, -0.15) is 0 Å². The molecule has 1 fully saturated rings. The van der Waals surface area contributed by atoms with Crippen molar-refractivity contribution in [3.05, 3.63) is 35.9 Å². The summed E-state index contributed by atoms with van der Waals surface area (Å²) in [6.07, 6.45) is 5.51. The molecule has 1 saturated heterocycles. The van der Waals surface area contributed by atoms with Crippen molar-refractivity contribution in [3.63, 3.8) is 0 Å². The summed E-state index contributed by atoms with van der Waals surface area (Å²) in [6, 6.07) is 6.29. The highest BCUT2D eigenvalue weighted by Gasteiger charge is 2.19. The number of H-pyrrole nitrogens is 1. The van der Waals surface area contributed by atoms with Gasteiger partial charge in [0.15, 0.2) is 0 Å². The zero-order chi connectivity index (χ0) is 12.4. The SMILES string of the molecule is Cc1[nH]c(C2CCCCN2)nc1-c1ccccn1. The molecular formula is C14H18N4. The number of hydrogen-bond acceptors (Lipinski definition) is 3. The van der Waals surface area contributed by atoms with Crippen molar-refractivity contribution in [1.82, 2.24) is 20.3 Å². The van der Waals surface area contributed by atoms with Crippen molar-refractivity contribution in [1.29, 1.82) is 0 Å². The van der Waals surface area contributed by atoms with Crippen LogP contribution in [0, 0.1) is 6.92 Å². The molecule has 2 aromatic rings. The van der Waals surface area contributed by atoms with Crippen LogP contribution in [0.4, 0.5) is 0 Å². The highest BCUT2D eigenvalue weighted by atomic mass is 15.0. The van der Waals surface area contributed by atoms with Gasteiger partial charge < -0.3 is 10.3 Å². The van der Waals surface area contributed by atoms with Gasteiger partial charge in [0.2, 0.25) is 0 Å². The quantitative estimate of drug-likeness (QED) is 0.851. The van der Waals surface area contributed by atoms with Gasteiger partial charge in [0, 0.05) is 11.9 Å². The molecule has 1 aliphatic rings. The van der Waals surface area contributed by atoms with E-state index in [1.165, 1.54) is 12.8 Å². The highest BCUT2D eigenvalue weighted by Crippen LogP contribution is 2.25. The van der Waals surface area contributed by atoms with Gasteiger partial charge in [0.1, 0.15) is 11.5 Å². The van der Waals surface area contributed by atoms with Crippen molar-refractivity contribution < 1.29 is 0 Å². The molecule has 1 unspecified atom stereocenters. The van der Waals surface area contributed by atoms with Crippen LogP contribution in [-0.4, -0.2) is 21.5 Å². The number of hydrogen-bond donors (Lipinski definition) is 2. The standard InChI is InChI=1S/C14H18N4/c1-10-13(11-6-2-4-8-15-11)18-14(17-10)12-7-3-5-9-16-12/h2,4,6,8,12,16H,3,5,7,9H2,1H3,(H,17,18). The molecule has 0 saturated carbocycles. The molecule has 4 heteroatoms. The number of nitrogens with one attached hydrogen (secondary N) is 2. The molecule has 4 nitrogen and oxygen atoms in total. The van der Waals surface area contributed by atoms with Gasteiger partial charge in [0.25, 0.3) is 0 Å². The zero-order valence-corrected chi connectivity index (χ0v) is 10.6. The lowest BCUT2D eigenvalue weighted by atomic mass is 10.0. The van der Waals surface area contributed by atoms with E-state index in [1.54, 1.807) is 0 Å². The van der Waals surface area contributed by atoms with E-state index in [1.807, 2.05) is 24.4 Å². The molecule has 2 aromatic heterocycles. The molecule has 1 atom stereocenters. The van der Waals surface area contributed by atoms with Crippen LogP contribution >= 0.6 is 0 Å². The average molecular weight is 242 g/mol. The third-order valence-corrected chi connectivity index (χ3v) is 3.45. The highest BCUT2D eigenvalue weighted by molar-refractivity contribution is 5.57. The Balaban J connectivity index is 1.91. The Labute approximate surface area is 107 Å². The first-order valence-electron chi connectivity index (χ1n) is 6.56. The van der Waals surface area contributed by atoms with Crippen molar-refractivity contribution in [2.24, 2.45) is 0 Å². The van der Waals surface area contributed by atoms with Crippen LogP contribution in [0.1, 0.15) is 36.8 Å². The first-order valence-corrected chi connectivity index (χ1v) is 6.56.